The normalized spacial score (nSPS) is 14.4. The zero-order valence-electron chi connectivity index (χ0n) is 18.4. The number of nitrogens with zero attached hydrogens (tertiary/aromatic N) is 4. The monoisotopic (exact) mass is 479 g/mol. The van der Waals surface area contributed by atoms with E-state index < -0.39 is 0 Å². The maximum Gasteiger partial charge on any atom is 0.272 e. The molecule has 2 heterocycles. The molecule has 1 aromatic carbocycles. The quantitative estimate of drug-likeness (QED) is 0.485. The number of aromatic hydroxyl groups is 1. The number of anilines is 1. The van der Waals surface area contributed by atoms with Crippen molar-refractivity contribution < 1.29 is 14.7 Å². The van der Waals surface area contributed by atoms with Crippen molar-refractivity contribution in [2.75, 3.05) is 38.0 Å². The van der Waals surface area contributed by atoms with Crippen molar-refractivity contribution >= 4 is 40.7 Å². The molecular weight excluding hydrogens is 453 g/mol. The molecule has 1 saturated heterocycles. The Bertz CT molecular complexity index is 1010. The number of phenols is 1. The summed E-state index contributed by atoms with van der Waals surface area (Å²) >= 11 is 12.1. The SMILES string of the molecule is CCC(C)(C)c1cc(NCC(=O)N2CCN(C(=O)c3ccnc(Cl)n3)CC2)c(O)cc1Cl. The van der Waals surface area contributed by atoms with Gasteiger partial charge in [0.25, 0.3) is 5.91 Å². The van der Waals surface area contributed by atoms with E-state index in [1.165, 1.54) is 18.3 Å². The third-order valence-electron chi connectivity index (χ3n) is 5.89. The van der Waals surface area contributed by atoms with Crippen LogP contribution in [0.2, 0.25) is 10.3 Å². The minimum Gasteiger partial charge on any atom is -0.506 e. The molecule has 0 unspecified atom stereocenters. The first-order valence-electron chi connectivity index (χ1n) is 10.4. The predicted molar refractivity (Wildman–Crippen MR) is 124 cm³/mol. The average Bonchev–Trinajstić information content (AvgIpc) is 2.77. The van der Waals surface area contributed by atoms with Gasteiger partial charge in [-0.05, 0) is 41.1 Å². The number of carbonyl (C=O) groups excluding carboxylic acids is 2. The fourth-order valence-corrected chi connectivity index (χ4v) is 4.03. The molecule has 2 N–H and O–H groups in total. The molecule has 1 aliphatic heterocycles. The lowest BCUT2D eigenvalue weighted by Gasteiger charge is -2.34. The summed E-state index contributed by atoms with van der Waals surface area (Å²) in [5.74, 6) is -0.359. The van der Waals surface area contributed by atoms with Crippen molar-refractivity contribution in [3.63, 3.8) is 0 Å². The van der Waals surface area contributed by atoms with Gasteiger partial charge in [-0.25, -0.2) is 9.97 Å². The highest BCUT2D eigenvalue weighted by Crippen LogP contribution is 2.38. The molecule has 32 heavy (non-hydrogen) atoms. The minimum absolute atomic E-state index is 0.00243. The van der Waals surface area contributed by atoms with Crippen molar-refractivity contribution in [3.05, 3.63) is 46.0 Å². The van der Waals surface area contributed by atoms with Crippen molar-refractivity contribution in [2.24, 2.45) is 0 Å². The highest BCUT2D eigenvalue weighted by atomic mass is 35.5. The maximum absolute atomic E-state index is 12.7. The van der Waals surface area contributed by atoms with Crippen molar-refractivity contribution in [3.8, 4) is 5.75 Å². The highest BCUT2D eigenvalue weighted by molar-refractivity contribution is 6.31. The molecule has 0 bridgehead atoms. The molecule has 0 saturated carbocycles. The number of amides is 2. The largest absolute Gasteiger partial charge is 0.506 e. The Balaban J connectivity index is 1.58. The lowest BCUT2D eigenvalue weighted by atomic mass is 9.82. The van der Waals surface area contributed by atoms with Gasteiger partial charge in [0.2, 0.25) is 11.2 Å². The van der Waals surface area contributed by atoms with Gasteiger partial charge in [-0.2, -0.15) is 0 Å². The van der Waals surface area contributed by atoms with Gasteiger partial charge in [-0.3, -0.25) is 9.59 Å². The van der Waals surface area contributed by atoms with E-state index in [0.717, 1.165) is 12.0 Å². The van der Waals surface area contributed by atoms with Gasteiger partial charge in [0.15, 0.2) is 0 Å². The standard InChI is InChI=1S/C22H27Cl2N5O3/c1-4-22(2,3)14-11-17(18(30)12-15(14)23)26-13-19(31)28-7-9-29(10-8-28)20(32)16-5-6-25-21(24)27-16/h5-6,11-12,26,30H,4,7-10,13H2,1-3H3. The zero-order valence-corrected chi connectivity index (χ0v) is 19.9. The van der Waals surface area contributed by atoms with E-state index in [1.54, 1.807) is 15.9 Å². The van der Waals surface area contributed by atoms with E-state index in [9.17, 15) is 14.7 Å². The van der Waals surface area contributed by atoms with Crippen LogP contribution in [0, 0.1) is 0 Å². The minimum atomic E-state index is -0.239. The topological polar surface area (TPSA) is 98.7 Å². The van der Waals surface area contributed by atoms with Crippen molar-refractivity contribution in [2.45, 2.75) is 32.6 Å². The van der Waals surface area contributed by atoms with Crippen LogP contribution in [0.3, 0.4) is 0 Å². The lowest BCUT2D eigenvalue weighted by molar-refractivity contribution is -0.130. The fourth-order valence-electron chi connectivity index (χ4n) is 3.47. The number of aromatic nitrogens is 2. The zero-order chi connectivity index (χ0) is 23.5. The molecule has 0 radical (unpaired) electrons. The number of nitrogens with one attached hydrogen (secondary N) is 1. The fraction of sp³-hybridized carbons (Fsp3) is 0.455. The van der Waals surface area contributed by atoms with E-state index in [2.05, 4.69) is 36.1 Å². The van der Waals surface area contributed by atoms with Gasteiger partial charge in [0, 0.05) is 43.5 Å². The van der Waals surface area contributed by atoms with Crippen LogP contribution in [-0.4, -0.2) is 69.4 Å². The van der Waals surface area contributed by atoms with E-state index in [0.29, 0.717) is 36.9 Å². The maximum atomic E-state index is 12.7. The number of hydrogen-bond donors (Lipinski definition) is 2. The Morgan fingerprint density at radius 1 is 1.16 bits per heavy atom. The van der Waals surface area contributed by atoms with Crippen molar-refractivity contribution in [1.29, 1.82) is 0 Å². The van der Waals surface area contributed by atoms with Crippen LogP contribution in [0.25, 0.3) is 0 Å². The molecule has 0 aliphatic carbocycles. The number of rotatable bonds is 6. The Labute approximate surface area is 197 Å². The Kier molecular flexibility index (Phi) is 7.46. The van der Waals surface area contributed by atoms with Gasteiger partial charge in [0.1, 0.15) is 11.4 Å². The summed E-state index contributed by atoms with van der Waals surface area (Å²) in [7, 11) is 0. The second-order valence-corrected chi connectivity index (χ2v) is 9.07. The smallest absolute Gasteiger partial charge is 0.272 e. The van der Waals surface area contributed by atoms with E-state index in [1.807, 2.05) is 0 Å². The van der Waals surface area contributed by atoms with Gasteiger partial charge < -0.3 is 20.2 Å². The summed E-state index contributed by atoms with van der Waals surface area (Å²) in [6.45, 7) is 7.87. The van der Waals surface area contributed by atoms with Crippen LogP contribution in [-0.2, 0) is 10.2 Å². The van der Waals surface area contributed by atoms with Crippen molar-refractivity contribution in [1.82, 2.24) is 19.8 Å². The van der Waals surface area contributed by atoms with E-state index in [-0.39, 0.29) is 40.5 Å². The molecular formula is C22H27Cl2N5O3. The third-order valence-corrected chi connectivity index (χ3v) is 6.39. The van der Waals surface area contributed by atoms with Crippen LogP contribution < -0.4 is 5.32 Å². The molecule has 2 aromatic rings. The van der Waals surface area contributed by atoms with E-state index >= 15 is 0 Å². The van der Waals surface area contributed by atoms with Crippen LogP contribution in [0.5, 0.6) is 5.75 Å². The number of halogens is 2. The van der Waals surface area contributed by atoms with Gasteiger partial charge >= 0.3 is 0 Å². The second kappa shape index (κ2) is 9.92. The first-order chi connectivity index (χ1) is 15.1. The second-order valence-electron chi connectivity index (χ2n) is 8.32. The molecule has 1 fully saturated rings. The number of phenolic OH excluding ortho intramolecular Hbond substituents is 1. The third kappa shape index (κ3) is 5.42. The molecule has 1 aliphatic rings. The first-order valence-corrected chi connectivity index (χ1v) is 11.2. The number of hydrogen-bond acceptors (Lipinski definition) is 6. The summed E-state index contributed by atoms with van der Waals surface area (Å²) < 4.78 is 0. The number of carbonyl (C=O) groups is 2. The van der Waals surface area contributed by atoms with Gasteiger partial charge in [0.05, 0.1) is 12.2 Å². The Hall–Kier alpha value is -2.58. The summed E-state index contributed by atoms with van der Waals surface area (Å²) in [5, 5.41) is 13.8. The first kappa shape index (κ1) is 24.1. The Morgan fingerprint density at radius 2 is 1.81 bits per heavy atom. The van der Waals surface area contributed by atoms with Crippen LogP contribution in [0.15, 0.2) is 24.4 Å². The van der Waals surface area contributed by atoms with Crippen LogP contribution in [0.1, 0.15) is 43.2 Å². The molecule has 172 valence electrons. The number of piperazine rings is 1. The number of benzene rings is 1. The average molecular weight is 480 g/mol. The molecule has 0 spiro atoms. The van der Waals surface area contributed by atoms with Gasteiger partial charge in [-0.15, -0.1) is 0 Å². The lowest BCUT2D eigenvalue weighted by Crippen LogP contribution is -2.51. The highest BCUT2D eigenvalue weighted by Gasteiger charge is 2.26. The Morgan fingerprint density at radius 3 is 2.44 bits per heavy atom. The predicted octanol–water partition coefficient (Wildman–Crippen LogP) is 3.57. The van der Waals surface area contributed by atoms with Gasteiger partial charge in [-0.1, -0.05) is 32.4 Å². The molecule has 2 amide bonds. The molecule has 0 atom stereocenters. The molecule has 8 nitrogen and oxygen atoms in total. The molecule has 10 heteroatoms. The summed E-state index contributed by atoms with van der Waals surface area (Å²) in [6.07, 6.45) is 2.31. The van der Waals surface area contributed by atoms with E-state index in [4.69, 9.17) is 23.2 Å². The summed E-state index contributed by atoms with van der Waals surface area (Å²) in [5.41, 5.74) is 1.44. The molecule has 3 rings (SSSR count). The van der Waals surface area contributed by atoms with Crippen LogP contribution in [0.4, 0.5) is 5.69 Å². The summed E-state index contributed by atoms with van der Waals surface area (Å²) in [4.78, 5) is 36.3. The molecule has 1 aromatic heterocycles. The summed E-state index contributed by atoms with van der Waals surface area (Å²) in [6, 6.07) is 4.82. The van der Waals surface area contributed by atoms with Crippen LogP contribution >= 0.6 is 23.2 Å².